The average molecular weight is 318 g/mol. The van der Waals surface area contributed by atoms with Gasteiger partial charge in [-0.05, 0) is 18.1 Å². The van der Waals surface area contributed by atoms with Gasteiger partial charge in [0.15, 0.2) is 0 Å². The van der Waals surface area contributed by atoms with E-state index in [2.05, 4.69) is 29.5 Å². The van der Waals surface area contributed by atoms with E-state index in [9.17, 15) is 4.79 Å². The number of hydrogen-bond donors (Lipinski definition) is 1. The Hall–Kier alpha value is -0.580. The molecule has 1 N–H and O–H groups in total. The van der Waals surface area contributed by atoms with Gasteiger partial charge in [-0.25, -0.2) is 4.79 Å². The van der Waals surface area contributed by atoms with Crippen LogP contribution < -0.4 is 0 Å². The van der Waals surface area contributed by atoms with Gasteiger partial charge in [-0.2, -0.15) is 0 Å². The van der Waals surface area contributed by atoms with Gasteiger partial charge in [0, 0.05) is 3.92 Å². The summed E-state index contributed by atoms with van der Waals surface area (Å²) in [6.45, 7) is 2.15. The molecule has 82 valence electrons. The second-order valence-corrected chi connectivity index (χ2v) is 5.01. The number of carboxylic acids is 1. The molecule has 0 aliphatic rings. The molecule has 3 heteroatoms. The van der Waals surface area contributed by atoms with E-state index in [1.807, 2.05) is 12.1 Å². The number of aromatic carboxylic acids is 1. The van der Waals surface area contributed by atoms with E-state index in [1.54, 1.807) is 12.1 Å². The standard InChI is InChI=1S/C12H15IO2/c1-2-3-8-11(13)9-6-4-5-7-10(9)12(14)15/h4-7,11H,2-3,8H2,1H3,(H,14,15). The highest BCUT2D eigenvalue weighted by Gasteiger charge is 2.15. The van der Waals surface area contributed by atoms with Gasteiger partial charge in [0.05, 0.1) is 5.56 Å². The van der Waals surface area contributed by atoms with E-state index in [0.29, 0.717) is 9.49 Å². The highest BCUT2D eigenvalue weighted by Crippen LogP contribution is 2.31. The molecule has 1 rings (SSSR count). The maximum Gasteiger partial charge on any atom is 0.336 e. The lowest BCUT2D eigenvalue weighted by Crippen LogP contribution is -2.03. The van der Waals surface area contributed by atoms with Crippen LogP contribution in [0.25, 0.3) is 0 Å². The molecule has 0 heterocycles. The molecule has 0 aromatic heterocycles. The summed E-state index contributed by atoms with van der Waals surface area (Å²) < 4.78 is 0.301. The molecule has 0 spiro atoms. The van der Waals surface area contributed by atoms with E-state index >= 15 is 0 Å². The predicted molar refractivity (Wildman–Crippen MR) is 69.7 cm³/mol. The molecular formula is C12H15IO2. The molecule has 1 aromatic rings. The summed E-state index contributed by atoms with van der Waals surface area (Å²) in [5.74, 6) is -0.830. The van der Waals surface area contributed by atoms with Crippen LogP contribution in [-0.2, 0) is 0 Å². The van der Waals surface area contributed by atoms with Crippen molar-refractivity contribution < 1.29 is 9.90 Å². The summed E-state index contributed by atoms with van der Waals surface area (Å²) in [6, 6.07) is 7.26. The van der Waals surface area contributed by atoms with E-state index in [0.717, 1.165) is 24.8 Å². The van der Waals surface area contributed by atoms with Gasteiger partial charge >= 0.3 is 5.97 Å². The topological polar surface area (TPSA) is 37.3 Å². The van der Waals surface area contributed by atoms with Crippen LogP contribution in [-0.4, -0.2) is 11.1 Å². The number of halogens is 1. The zero-order chi connectivity index (χ0) is 11.3. The molecule has 0 amide bonds. The highest BCUT2D eigenvalue weighted by atomic mass is 127. The van der Waals surface area contributed by atoms with Crippen molar-refractivity contribution in [2.24, 2.45) is 0 Å². The van der Waals surface area contributed by atoms with Crippen molar-refractivity contribution in [3.63, 3.8) is 0 Å². The van der Waals surface area contributed by atoms with Crippen LogP contribution in [0.4, 0.5) is 0 Å². The second-order valence-electron chi connectivity index (χ2n) is 3.50. The number of unbranched alkanes of at least 4 members (excludes halogenated alkanes) is 1. The van der Waals surface area contributed by atoms with Crippen molar-refractivity contribution in [3.8, 4) is 0 Å². The normalized spacial score (nSPS) is 12.4. The molecule has 1 unspecified atom stereocenters. The molecule has 15 heavy (non-hydrogen) atoms. The minimum Gasteiger partial charge on any atom is -0.478 e. The van der Waals surface area contributed by atoms with Gasteiger partial charge in [-0.15, -0.1) is 0 Å². The lowest BCUT2D eigenvalue weighted by Gasteiger charge is -2.12. The lowest BCUT2D eigenvalue weighted by molar-refractivity contribution is 0.0695. The Balaban J connectivity index is 2.87. The highest BCUT2D eigenvalue weighted by molar-refractivity contribution is 14.1. The molecule has 0 bridgehead atoms. The molecule has 0 aliphatic heterocycles. The van der Waals surface area contributed by atoms with Crippen molar-refractivity contribution in [2.45, 2.75) is 30.1 Å². The number of alkyl halides is 1. The Labute approximate surface area is 104 Å². The van der Waals surface area contributed by atoms with Crippen molar-refractivity contribution in [3.05, 3.63) is 35.4 Å². The van der Waals surface area contributed by atoms with Crippen molar-refractivity contribution in [1.82, 2.24) is 0 Å². The van der Waals surface area contributed by atoms with Crippen LogP contribution in [0.1, 0.15) is 46.0 Å². The van der Waals surface area contributed by atoms with Crippen LogP contribution in [0, 0.1) is 0 Å². The van der Waals surface area contributed by atoms with Crippen molar-refractivity contribution in [2.75, 3.05) is 0 Å². The zero-order valence-corrected chi connectivity index (χ0v) is 10.9. The van der Waals surface area contributed by atoms with Crippen LogP contribution in [0.2, 0.25) is 0 Å². The minimum absolute atomic E-state index is 0.301. The fourth-order valence-corrected chi connectivity index (χ4v) is 2.49. The first kappa shape index (κ1) is 12.5. The molecule has 0 saturated carbocycles. The molecular weight excluding hydrogens is 303 g/mol. The summed E-state index contributed by atoms with van der Waals surface area (Å²) in [5, 5.41) is 9.04. The summed E-state index contributed by atoms with van der Waals surface area (Å²) in [4.78, 5) is 11.0. The summed E-state index contributed by atoms with van der Waals surface area (Å²) in [6.07, 6.45) is 3.33. The number of benzene rings is 1. The van der Waals surface area contributed by atoms with Crippen LogP contribution in [0.3, 0.4) is 0 Å². The van der Waals surface area contributed by atoms with E-state index in [1.165, 1.54) is 0 Å². The molecule has 1 atom stereocenters. The SMILES string of the molecule is CCCCC(I)c1ccccc1C(=O)O. The van der Waals surface area contributed by atoms with E-state index in [4.69, 9.17) is 5.11 Å². The Kier molecular flexibility index (Phi) is 5.08. The average Bonchev–Trinajstić information content (AvgIpc) is 2.25. The van der Waals surface area contributed by atoms with Gasteiger partial charge in [-0.1, -0.05) is 60.6 Å². The molecule has 1 aromatic carbocycles. The minimum atomic E-state index is -0.830. The third-order valence-electron chi connectivity index (χ3n) is 2.34. The summed E-state index contributed by atoms with van der Waals surface area (Å²) in [5.41, 5.74) is 1.38. The number of carboxylic acid groups (broad SMARTS) is 1. The largest absolute Gasteiger partial charge is 0.478 e. The first-order chi connectivity index (χ1) is 7.16. The van der Waals surface area contributed by atoms with Crippen LogP contribution in [0.15, 0.2) is 24.3 Å². The zero-order valence-electron chi connectivity index (χ0n) is 8.74. The predicted octanol–water partition coefficient (Wildman–Crippen LogP) is 4.05. The van der Waals surface area contributed by atoms with Gasteiger partial charge in [0.1, 0.15) is 0 Å². The van der Waals surface area contributed by atoms with E-state index in [-0.39, 0.29) is 0 Å². The van der Waals surface area contributed by atoms with Crippen LogP contribution in [0.5, 0.6) is 0 Å². The summed E-state index contributed by atoms with van der Waals surface area (Å²) >= 11 is 2.33. The Morgan fingerprint density at radius 2 is 2.13 bits per heavy atom. The first-order valence-corrected chi connectivity index (χ1v) is 6.37. The van der Waals surface area contributed by atoms with Gasteiger partial charge in [-0.3, -0.25) is 0 Å². The third-order valence-corrected chi connectivity index (χ3v) is 3.63. The monoisotopic (exact) mass is 318 g/mol. The molecule has 0 aliphatic carbocycles. The Morgan fingerprint density at radius 1 is 1.47 bits per heavy atom. The summed E-state index contributed by atoms with van der Waals surface area (Å²) in [7, 11) is 0. The van der Waals surface area contributed by atoms with Gasteiger partial charge < -0.3 is 5.11 Å². The third kappa shape index (κ3) is 3.48. The maximum absolute atomic E-state index is 11.0. The second kappa shape index (κ2) is 6.10. The maximum atomic E-state index is 11.0. The van der Waals surface area contributed by atoms with Crippen LogP contribution >= 0.6 is 22.6 Å². The smallest absolute Gasteiger partial charge is 0.336 e. The molecule has 0 radical (unpaired) electrons. The number of carbonyl (C=O) groups is 1. The Bertz CT molecular complexity index is 336. The fraction of sp³-hybridized carbons (Fsp3) is 0.417. The number of rotatable bonds is 5. The van der Waals surface area contributed by atoms with Gasteiger partial charge in [0.25, 0.3) is 0 Å². The quantitative estimate of drug-likeness (QED) is 0.657. The fourth-order valence-electron chi connectivity index (χ4n) is 1.50. The molecule has 2 nitrogen and oxygen atoms in total. The molecule has 0 fully saturated rings. The van der Waals surface area contributed by atoms with Crippen molar-refractivity contribution in [1.29, 1.82) is 0 Å². The lowest BCUT2D eigenvalue weighted by atomic mass is 10.0. The Morgan fingerprint density at radius 3 is 2.73 bits per heavy atom. The van der Waals surface area contributed by atoms with Gasteiger partial charge in [0.2, 0.25) is 0 Å². The van der Waals surface area contributed by atoms with Crippen molar-refractivity contribution >= 4 is 28.6 Å². The number of hydrogen-bond acceptors (Lipinski definition) is 1. The first-order valence-electron chi connectivity index (χ1n) is 5.13. The molecule has 0 saturated heterocycles. The van der Waals surface area contributed by atoms with E-state index < -0.39 is 5.97 Å².